The molecule has 4 nitrogen and oxygen atoms in total. The minimum Gasteiger partial charge on any atom is -0.406 e. The minimum absolute atomic E-state index is 0.188. The highest BCUT2D eigenvalue weighted by Crippen LogP contribution is 2.28. The van der Waals surface area contributed by atoms with Gasteiger partial charge in [0.25, 0.3) is 0 Å². The number of nitrogens with zero attached hydrogens (tertiary/aromatic N) is 1. The van der Waals surface area contributed by atoms with Gasteiger partial charge in [-0.2, -0.15) is 5.26 Å². The highest BCUT2D eigenvalue weighted by atomic mass is 32.2. The first-order valence-electron chi connectivity index (χ1n) is 4.60. The summed E-state index contributed by atoms with van der Waals surface area (Å²) < 4.78 is 59.3. The molecule has 0 saturated heterocycles. The fraction of sp³-hybridized carbons (Fsp3) is 0.300. The summed E-state index contributed by atoms with van der Waals surface area (Å²) in [5.41, 5.74) is 0.457. The molecule has 0 aromatic heterocycles. The molecule has 1 rings (SSSR count). The Kier molecular flexibility index (Phi) is 4.32. The van der Waals surface area contributed by atoms with Crippen molar-refractivity contribution in [3.05, 3.63) is 29.3 Å². The number of aryl methyl sites for hydroxylation is 1. The van der Waals surface area contributed by atoms with Crippen LogP contribution in [-0.2, 0) is 11.1 Å². The van der Waals surface area contributed by atoms with Crippen LogP contribution in [0, 0.1) is 18.3 Å². The molecule has 0 heterocycles. The van der Waals surface area contributed by atoms with Crippen LogP contribution < -0.4 is 4.74 Å². The van der Waals surface area contributed by atoms with Crippen molar-refractivity contribution in [2.24, 2.45) is 0 Å². The third-order valence-electron chi connectivity index (χ3n) is 2.08. The van der Waals surface area contributed by atoms with Crippen molar-refractivity contribution >= 4 is 11.1 Å². The molecule has 0 spiro atoms. The standard InChI is InChI=1S/C10H8F3NO3S/c1-6-4-7(17-10(11,12)13)2-3-8(6)9(5-14)18(15)16/h2-4,9H,1H3,(H,15,16). The van der Waals surface area contributed by atoms with Crippen LogP contribution in [0.25, 0.3) is 0 Å². The van der Waals surface area contributed by atoms with Gasteiger partial charge in [-0.3, -0.25) is 0 Å². The zero-order valence-corrected chi connectivity index (χ0v) is 9.88. The van der Waals surface area contributed by atoms with E-state index in [0.29, 0.717) is 0 Å². The summed E-state index contributed by atoms with van der Waals surface area (Å²) >= 11 is -2.41. The number of hydrogen-bond acceptors (Lipinski definition) is 3. The van der Waals surface area contributed by atoms with Crippen LogP contribution in [0.3, 0.4) is 0 Å². The Morgan fingerprint density at radius 2 is 2.11 bits per heavy atom. The van der Waals surface area contributed by atoms with Gasteiger partial charge < -0.3 is 9.29 Å². The Balaban J connectivity index is 3.07. The third-order valence-corrected chi connectivity index (χ3v) is 2.84. The average Bonchev–Trinajstić information content (AvgIpc) is 2.19. The van der Waals surface area contributed by atoms with E-state index in [4.69, 9.17) is 9.81 Å². The lowest BCUT2D eigenvalue weighted by atomic mass is 10.1. The number of rotatable bonds is 3. The number of halogens is 3. The topological polar surface area (TPSA) is 70.3 Å². The fourth-order valence-electron chi connectivity index (χ4n) is 1.36. The van der Waals surface area contributed by atoms with Crippen molar-refractivity contribution in [3.63, 3.8) is 0 Å². The van der Waals surface area contributed by atoms with Crippen molar-refractivity contribution in [2.75, 3.05) is 0 Å². The van der Waals surface area contributed by atoms with Crippen molar-refractivity contribution in [2.45, 2.75) is 18.5 Å². The quantitative estimate of drug-likeness (QED) is 0.863. The van der Waals surface area contributed by atoms with Gasteiger partial charge in [0.15, 0.2) is 16.3 Å². The third kappa shape index (κ3) is 3.72. The van der Waals surface area contributed by atoms with Crippen molar-refractivity contribution in [3.8, 4) is 11.8 Å². The van der Waals surface area contributed by atoms with Crippen LogP contribution >= 0.6 is 0 Å². The molecule has 98 valence electrons. The molecule has 2 unspecified atom stereocenters. The number of alkyl halides is 3. The first-order chi connectivity index (χ1) is 8.24. The van der Waals surface area contributed by atoms with Gasteiger partial charge in [-0.25, -0.2) is 4.21 Å². The van der Waals surface area contributed by atoms with E-state index in [2.05, 4.69) is 4.74 Å². The summed E-state index contributed by atoms with van der Waals surface area (Å²) in [5, 5.41) is 7.41. The predicted molar refractivity (Wildman–Crippen MR) is 57.0 cm³/mol. The van der Waals surface area contributed by atoms with Crippen LogP contribution in [0.5, 0.6) is 5.75 Å². The molecule has 1 aromatic rings. The van der Waals surface area contributed by atoms with E-state index in [0.717, 1.165) is 12.1 Å². The van der Waals surface area contributed by atoms with Gasteiger partial charge >= 0.3 is 6.36 Å². The number of ether oxygens (including phenoxy) is 1. The van der Waals surface area contributed by atoms with Gasteiger partial charge in [0.05, 0.1) is 6.07 Å². The normalized spacial score (nSPS) is 14.7. The molecule has 0 bridgehead atoms. The lowest BCUT2D eigenvalue weighted by Gasteiger charge is -2.12. The highest BCUT2D eigenvalue weighted by molar-refractivity contribution is 7.79. The van der Waals surface area contributed by atoms with Gasteiger partial charge in [0.2, 0.25) is 0 Å². The maximum Gasteiger partial charge on any atom is 0.573 e. The molecule has 1 aromatic carbocycles. The molecule has 0 fully saturated rings. The Labute approximate surface area is 103 Å². The maximum atomic E-state index is 12.0. The molecule has 18 heavy (non-hydrogen) atoms. The molecule has 0 amide bonds. The first kappa shape index (κ1) is 14.5. The molecule has 1 N–H and O–H groups in total. The summed E-state index contributed by atoms with van der Waals surface area (Å²) in [6.45, 7) is 1.43. The Bertz CT molecular complexity index is 510. The Morgan fingerprint density at radius 3 is 2.50 bits per heavy atom. The van der Waals surface area contributed by atoms with E-state index < -0.39 is 28.4 Å². The van der Waals surface area contributed by atoms with E-state index >= 15 is 0 Å². The van der Waals surface area contributed by atoms with Crippen LogP contribution in [0.1, 0.15) is 16.4 Å². The minimum atomic E-state index is -4.80. The van der Waals surface area contributed by atoms with E-state index in [-0.39, 0.29) is 11.1 Å². The van der Waals surface area contributed by atoms with E-state index in [1.54, 1.807) is 6.07 Å². The molecular weight excluding hydrogens is 271 g/mol. The monoisotopic (exact) mass is 279 g/mol. The Morgan fingerprint density at radius 1 is 1.50 bits per heavy atom. The van der Waals surface area contributed by atoms with Crippen LogP contribution in [0.4, 0.5) is 13.2 Å². The zero-order chi connectivity index (χ0) is 13.9. The molecule has 0 aliphatic heterocycles. The summed E-state index contributed by atoms with van der Waals surface area (Å²) in [6, 6.07) is 4.83. The van der Waals surface area contributed by atoms with Crippen molar-refractivity contribution in [1.29, 1.82) is 5.26 Å². The van der Waals surface area contributed by atoms with E-state index in [1.807, 2.05) is 0 Å². The summed E-state index contributed by atoms with van der Waals surface area (Å²) in [6.07, 6.45) is -4.80. The second-order valence-electron chi connectivity index (χ2n) is 3.35. The smallest absolute Gasteiger partial charge is 0.406 e. The second kappa shape index (κ2) is 5.37. The van der Waals surface area contributed by atoms with E-state index in [1.165, 1.54) is 13.0 Å². The van der Waals surface area contributed by atoms with Crippen LogP contribution in [0.15, 0.2) is 18.2 Å². The fourth-order valence-corrected chi connectivity index (χ4v) is 1.93. The van der Waals surface area contributed by atoms with E-state index in [9.17, 15) is 17.4 Å². The molecule has 2 atom stereocenters. The second-order valence-corrected chi connectivity index (χ2v) is 4.38. The van der Waals surface area contributed by atoms with Gasteiger partial charge in [0, 0.05) is 0 Å². The molecule has 0 radical (unpaired) electrons. The zero-order valence-electron chi connectivity index (χ0n) is 9.06. The van der Waals surface area contributed by atoms with Gasteiger partial charge in [-0.15, -0.1) is 13.2 Å². The summed E-state index contributed by atoms with van der Waals surface area (Å²) in [4.78, 5) is 0. The summed E-state index contributed by atoms with van der Waals surface area (Å²) in [7, 11) is 0. The predicted octanol–water partition coefficient (Wildman–Crippen LogP) is 2.68. The molecular formula is C10H8F3NO3S. The van der Waals surface area contributed by atoms with Crippen LogP contribution in [0.2, 0.25) is 0 Å². The van der Waals surface area contributed by atoms with Gasteiger partial charge in [-0.1, -0.05) is 6.07 Å². The summed E-state index contributed by atoms with van der Waals surface area (Å²) in [5.74, 6) is -0.441. The van der Waals surface area contributed by atoms with Crippen LogP contribution in [-0.4, -0.2) is 15.1 Å². The lowest BCUT2D eigenvalue weighted by Crippen LogP contribution is -2.17. The Hall–Kier alpha value is -1.59. The van der Waals surface area contributed by atoms with Crippen molar-refractivity contribution < 1.29 is 26.7 Å². The lowest BCUT2D eigenvalue weighted by molar-refractivity contribution is -0.274. The molecule has 0 aliphatic carbocycles. The average molecular weight is 279 g/mol. The van der Waals surface area contributed by atoms with Crippen molar-refractivity contribution in [1.82, 2.24) is 0 Å². The molecule has 0 aliphatic rings. The number of nitriles is 1. The first-order valence-corrected chi connectivity index (χ1v) is 5.77. The largest absolute Gasteiger partial charge is 0.573 e. The van der Waals surface area contributed by atoms with Gasteiger partial charge in [-0.05, 0) is 30.2 Å². The van der Waals surface area contributed by atoms with Gasteiger partial charge in [0.1, 0.15) is 5.75 Å². The number of benzene rings is 1. The molecule has 0 saturated carbocycles. The maximum absolute atomic E-state index is 12.0. The highest BCUT2D eigenvalue weighted by Gasteiger charge is 2.31. The number of hydrogen-bond donors (Lipinski definition) is 1. The SMILES string of the molecule is Cc1cc(OC(F)(F)F)ccc1C(C#N)S(=O)O. The molecule has 8 heteroatoms.